The van der Waals surface area contributed by atoms with E-state index in [2.05, 4.69) is 27.1 Å². The topological polar surface area (TPSA) is 57.7 Å². The lowest BCUT2D eigenvalue weighted by Gasteiger charge is -2.37. The first-order valence-corrected chi connectivity index (χ1v) is 12.0. The largest absolute Gasteiger partial charge is 0.493 e. The van der Waals surface area contributed by atoms with Gasteiger partial charge in [0.05, 0.1) is 12.5 Å². The molecular formula is C26H35FN4O2. The van der Waals surface area contributed by atoms with Crippen LogP contribution in [0.2, 0.25) is 0 Å². The van der Waals surface area contributed by atoms with Crippen molar-refractivity contribution >= 4 is 5.91 Å². The number of amides is 1. The Morgan fingerprint density at radius 2 is 2.09 bits per heavy atom. The van der Waals surface area contributed by atoms with E-state index in [0.717, 1.165) is 45.6 Å². The van der Waals surface area contributed by atoms with Gasteiger partial charge < -0.3 is 15.0 Å². The Morgan fingerprint density at radius 1 is 1.24 bits per heavy atom. The number of carbonyl (C=O) groups is 1. The highest BCUT2D eigenvalue weighted by Gasteiger charge is 2.32. The maximum atomic E-state index is 13.5. The molecule has 1 unspecified atom stereocenters. The zero-order chi connectivity index (χ0) is 23.0. The molecule has 1 aromatic heterocycles. The number of piperidine rings is 1. The van der Waals surface area contributed by atoms with E-state index in [4.69, 9.17) is 4.74 Å². The molecule has 3 heterocycles. The van der Waals surface area contributed by atoms with E-state index in [1.165, 1.54) is 30.5 Å². The normalized spacial score (nSPS) is 24.0. The van der Waals surface area contributed by atoms with Crippen molar-refractivity contribution in [2.45, 2.75) is 38.3 Å². The Kier molecular flexibility index (Phi) is 8.29. The van der Waals surface area contributed by atoms with E-state index in [9.17, 15) is 9.18 Å². The minimum Gasteiger partial charge on any atom is -0.493 e. The van der Waals surface area contributed by atoms with Crippen molar-refractivity contribution in [2.75, 3.05) is 39.8 Å². The molecule has 0 saturated carbocycles. The summed E-state index contributed by atoms with van der Waals surface area (Å²) in [6.07, 6.45) is 7.84. The number of hydrogen-bond acceptors (Lipinski definition) is 5. The molecule has 2 aliphatic heterocycles. The molecule has 1 amide bonds. The number of rotatable bonds is 9. The van der Waals surface area contributed by atoms with Crippen LogP contribution in [-0.4, -0.2) is 66.6 Å². The zero-order valence-electron chi connectivity index (χ0n) is 19.5. The average Bonchev–Trinajstić information content (AvgIpc) is 3.23. The Bertz CT molecular complexity index is 897. The van der Waals surface area contributed by atoms with Gasteiger partial charge >= 0.3 is 0 Å². The predicted molar refractivity (Wildman–Crippen MR) is 126 cm³/mol. The molecule has 2 aromatic rings. The average molecular weight is 455 g/mol. The molecule has 0 bridgehead atoms. The summed E-state index contributed by atoms with van der Waals surface area (Å²) in [6.45, 7) is 4.68. The Morgan fingerprint density at radius 3 is 2.85 bits per heavy atom. The second kappa shape index (κ2) is 11.6. The van der Waals surface area contributed by atoms with Gasteiger partial charge in [-0.05, 0) is 69.1 Å². The van der Waals surface area contributed by atoms with Gasteiger partial charge in [-0.1, -0.05) is 6.07 Å². The van der Waals surface area contributed by atoms with Crippen LogP contribution in [-0.2, 0) is 11.3 Å². The van der Waals surface area contributed by atoms with Gasteiger partial charge in [0.25, 0.3) is 0 Å². The zero-order valence-corrected chi connectivity index (χ0v) is 19.5. The van der Waals surface area contributed by atoms with Gasteiger partial charge in [0.2, 0.25) is 5.91 Å². The van der Waals surface area contributed by atoms with Gasteiger partial charge in [-0.2, -0.15) is 0 Å². The van der Waals surface area contributed by atoms with Crippen molar-refractivity contribution in [1.29, 1.82) is 0 Å². The molecule has 1 aromatic carbocycles. The number of benzene rings is 1. The Hall–Kier alpha value is -2.51. The number of aromatic nitrogens is 1. The molecule has 4 rings (SSSR count). The third-order valence-electron chi connectivity index (χ3n) is 6.87. The number of carbonyl (C=O) groups excluding carboxylic acids is 1. The van der Waals surface area contributed by atoms with Gasteiger partial charge in [-0.15, -0.1) is 0 Å². The maximum absolute atomic E-state index is 13.5. The van der Waals surface area contributed by atoms with E-state index in [0.29, 0.717) is 18.4 Å². The molecular weight excluding hydrogens is 419 g/mol. The van der Waals surface area contributed by atoms with E-state index in [-0.39, 0.29) is 23.6 Å². The van der Waals surface area contributed by atoms with Crippen molar-refractivity contribution in [3.8, 4) is 5.75 Å². The lowest BCUT2D eigenvalue weighted by atomic mass is 9.88. The number of hydrogen-bond donors (Lipinski definition) is 1. The second-order valence-electron chi connectivity index (χ2n) is 9.47. The Balaban J connectivity index is 1.34. The molecule has 0 spiro atoms. The SMILES string of the molecule is CN1CCCC1CCNC(=O)[C@@H]1C[C@H](COc2cccc(F)c2)CN(Cc2ccncc2)C1. The van der Waals surface area contributed by atoms with Gasteiger partial charge in [0.15, 0.2) is 0 Å². The highest BCUT2D eigenvalue weighted by atomic mass is 19.1. The fraction of sp³-hybridized carbons (Fsp3) is 0.538. The number of nitrogens with zero attached hydrogens (tertiary/aromatic N) is 3. The van der Waals surface area contributed by atoms with Gasteiger partial charge in [-0.3, -0.25) is 14.7 Å². The minimum atomic E-state index is -0.305. The third kappa shape index (κ3) is 6.98. The predicted octanol–water partition coefficient (Wildman–Crippen LogP) is 3.34. The molecule has 6 nitrogen and oxygen atoms in total. The summed E-state index contributed by atoms with van der Waals surface area (Å²) >= 11 is 0. The van der Waals surface area contributed by atoms with Crippen LogP contribution in [0, 0.1) is 17.7 Å². The molecule has 2 saturated heterocycles. The molecule has 2 aliphatic rings. The van der Waals surface area contributed by atoms with Crippen LogP contribution in [0.4, 0.5) is 4.39 Å². The van der Waals surface area contributed by atoms with Crippen LogP contribution in [0.1, 0.15) is 31.2 Å². The van der Waals surface area contributed by atoms with E-state index < -0.39 is 0 Å². The van der Waals surface area contributed by atoms with E-state index >= 15 is 0 Å². The highest BCUT2D eigenvalue weighted by Crippen LogP contribution is 2.25. The van der Waals surface area contributed by atoms with Crippen molar-refractivity contribution in [1.82, 2.24) is 20.1 Å². The number of pyridine rings is 1. The summed E-state index contributed by atoms with van der Waals surface area (Å²) in [5.74, 6) is 0.470. The number of ether oxygens (including phenoxy) is 1. The molecule has 3 atom stereocenters. The summed E-state index contributed by atoms with van der Waals surface area (Å²) in [6, 6.07) is 10.8. The number of nitrogens with one attached hydrogen (secondary N) is 1. The highest BCUT2D eigenvalue weighted by molar-refractivity contribution is 5.79. The fourth-order valence-electron chi connectivity index (χ4n) is 5.11. The Labute approximate surface area is 196 Å². The monoisotopic (exact) mass is 454 g/mol. The first-order valence-electron chi connectivity index (χ1n) is 12.0. The van der Waals surface area contributed by atoms with Crippen molar-refractivity contribution in [3.63, 3.8) is 0 Å². The lowest BCUT2D eigenvalue weighted by molar-refractivity contribution is -0.127. The molecule has 0 radical (unpaired) electrons. The summed E-state index contributed by atoms with van der Waals surface area (Å²) in [4.78, 5) is 21.9. The molecule has 178 valence electrons. The molecule has 2 fully saturated rings. The lowest BCUT2D eigenvalue weighted by Crippen LogP contribution is -2.47. The summed E-state index contributed by atoms with van der Waals surface area (Å²) in [5, 5.41) is 3.19. The first kappa shape index (κ1) is 23.6. The number of halogens is 1. The fourth-order valence-corrected chi connectivity index (χ4v) is 5.11. The van der Waals surface area contributed by atoms with Crippen LogP contribution in [0.15, 0.2) is 48.8 Å². The van der Waals surface area contributed by atoms with Crippen molar-refractivity contribution in [3.05, 3.63) is 60.2 Å². The quantitative estimate of drug-likeness (QED) is 0.630. The molecule has 7 heteroatoms. The number of likely N-dealkylation sites (tertiary alicyclic amines) is 2. The standard InChI is InChI=1S/C26H35FN4O2/c1-30-13-3-5-24(30)9-12-29-26(32)22-14-21(19-33-25-6-2-4-23(27)15-25)17-31(18-22)16-20-7-10-28-11-8-20/h2,4,6-8,10-11,15,21-22,24H,3,5,9,12-14,16-19H2,1H3,(H,29,32)/t21-,22+,24?/m0/s1. The van der Waals surface area contributed by atoms with Crippen molar-refractivity contribution < 1.29 is 13.9 Å². The van der Waals surface area contributed by atoms with Crippen molar-refractivity contribution in [2.24, 2.45) is 11.8 Å². The van der Waals surface area contributed by atoms with Crippen LogP contribution in [0.25, 0.3) is 0 Å². The smallest absolute Gasteiger partial charge is 0.224 e. The second-order valence-corrected chi connectivity index (χ2v) is 9.47. The third-order valence-corrected chi connectivity index (χ3v) is 6.87. The molecule has 0 aliphatic carbocycles. The first-order chi connectivity index (χ1) is 16.1. The molecule has 33 heavy (non-hydrogen) atoms. The van der Waals surface area contributed by atoms with Crippen LogP contribution >= 0.6 is 0 Å². The van der Waals surface area contributed by atoms with Gasteiger partial charge in [-0.25, -0.2) is 4.39 Å². The summed E-state index contributed by atoms with van der Waals surface area (Å²) in [7, 11) is 2.17. The minimum absolute atomic E-state index is 0.0806. The van der Waals surface area contributed by atoms with Crippen LogP contribution in [0.5, 0.6) is 5.75 Å². The van der Waals surface area contributed by atoms with E-state index in [1.54, 1.807) is 24.5 Å². The van der Waals surface area contributed by atoms with Crippen LogP contribution in [0.3, 0.4) is 0 Å². The van der Waals surface area contributed by atoms with Gasteiger partial charge in [0, 0.05) is 56.6 Å². The summed E-state index contributed by atoms with van der Waals surface area (Å²) < 4.78 is 19.4. The van der Waals surface area contributed by atoms with Gasteiger partial charge in [0.1, 0.15) is 11.6 Å². The van der Waals surface area contributed by atoms with E-state index in [1.807, 2.05) is 12.1 Å². The van der Waals surface area contributed by atoms with Crippen LogP contribution < -0.4 is 10.1 Å². The molecule has 1 N–H and O–H groups in total. The maximum Gasteiger partial charge on any atom is 0.224 e. The summed E-state index contributed by atoms with van der Waals surface area (Å²) in [5.41, 5.74) is 1.18.